The highest BCUT2D eigenvalue weighted by molar-refractivity contribution is 8.00. The highest BCUT2D eigenvalue weighted by atomic mass is 32.2. The molecule has 1 aromatic carbocycles. The number of hydrogen-bond donors (Lipinski definition) is 3. The van der Waals surface area contributed by atoms with E-state index in [1.807, 2.05) is 31.2 Å². The van der Waals surface area contributed by atoms with E-state index in [9.17, 15) is 4.79 Å². The van der Waals surface area contributed by atoms with E-state index in [4.69, 9.17) is 10.2 Å². The molecule has 1 rings (SSSR count). The van der Waals surface area contributed by atoms with Gasteiger partial charge in [0.1, 0.15) is 0 Å². The van der Waals surface area contributed by atoms with Gasteiger partial charge in [-0.25, -0.2) is 0 Å². The van der Waals surface area contributed by atoms with E-state index in [-0.39, 0.29) is 18.3 Å². The third-order valence-electron chi connectivity index (χ3n) is 2.09. The van der Waals surface area contributed by atoms with Crippen LogP contribution in [-0.4, -0.2) is 40.3 Å². The Balaban J connectivity index is 2.27. The fourth-order valence-electron chi connectivity index (χ4n) is 1.17. The molecule has 0 aromatic heterocycles. The quantitative estimate of drug-likeness (QED) is 0.710. The van der Waals surface area contributed by atoms with Gasteiger partial charge in [-0.3, -0.25) is 4.79 Å². The minimum absolute atomic E-state index is 0.107. The molecule has 0 bridgehead atoms. The van der Waals surface area contributed by atoms with Gasteiger partial charge < -0.3 is 15.5 Å². The van der Waals surface area contributed by atoms with Crippen molar-refractivity contribution in [1.82, 2.24) is 0 Å². The Kier molecular flexibility index (Phi) is 6.04. The van der Waals surface area contributed by atoms with Crippen molar-refractivity contribution in [2.24, 2.45) is 0 Å². The maximum atomic E-state index is 11.5. The van der Waals surface area contributed by atoms with Crippen LogP contribution >= 0.6 is 11.8 Å². The van der Waals surface area contributed by atoms with Gasteiger partial charge in [0.15, 0.2) is 0 Å². The maximum absolute atomic E-state index is 11.5. The largest absolute Gasteiger partial charge is 0.394 e. The van der Waals surface area contributed by atoms with Crippen LogP contribution in [0.5, 0.6) is 0 Å². The van der Waals surface area contributed by atoms with Gasteiger partial charge in [0.25, 0.3) is 0 Å². The highest BCUT2D eigenvalue weighted by Gasteiger charge is 2.06. The highest BCUT2D eigenvalue weighted by Crippen LogP contribution is 2.10. The normalized spacial score (nSPS) is 12.2. The first-order valence-corrected chi connectivity index (χ1v) is 6.50. The molecule has 0 saturated heterocycles. The van der Waals surface area contributed by atoms with E-state index in [0.29, 0.717) is 5.75 Å². The van der Waals surface area contributed by atoms with Crippen molar-refractivity contribution >= 4 is 23.4 Å². The maximum Gasteiger partial charge on any atom is 0.234 e. The Bertz CT molecular complexity index is 353. The van der Waals surface area contributed by atoms with Crippen molar-refractivity contribution in [2.45, 2.75) is 13.0 Å². The Morgan fingerprint density at radius 1 is 1.41 bits per heavy atom. The number of aliphatic hydroxyl groups excluding tert-OH is 2. The summed E-state index contributed by atoms with van der Waals surface area (Å²) in [5.74, 6) is 0.520. The van der Waals surface area contributed by atoms with Crippen molar-refractivity contribution in [1.29, 1.82) is 0 Å². The van der Waals surface area contributed by atoms with Gasteiger partial charge in [0.2, 0.25) is 5.91 Å². The van der Waals surface area contributed by atoms with Crippen LogP contribution in [0.25, 0.3) is 0 Å². The summed E-state index contributed by atoms with van der Waals surface area (Å²) in [5.41, 5.74) is 1.91. The third-order valence-corrected chi connectivity index (χ3v) is 3.18. The van der Waals surface area contributed by atoms with Crippen LogP contribution in [0.15, 0.2) is 24.3 Å². The zero-order valence-electron chi connectivity index (χ0n) is 9.72. The lowest BCUT2D eigenvalue weighted by Crippen LogP contribution is -2.19. The number of aryl methyl sites for hydroxylation is 1. The molecule has 17 heavy (non-hydrogen) atoms. The van der Waals surface area contributed by atoms with Gasteiger partial charge in [0, 0.05) is 11.4 Å². The average Bonchev–Trinajstić information content (AvgIpc) is 2.32. The van der Waals surface area contributed by atoms with Crippen LogP contribution in [0, 0.1) is 6.92 Å². The minimum atomic E-state index is -0.757. The molecule has 4 nitrogen and oxygen atoms in total. The fourth-order valence-corrected chi connectivity index (χ4v) is 1.93. The summed E-state index contributed by atoms with van der Waals surface area (Å²) >= 11 is 1.29. The first-order chi connectivity index (χ1) is 8.11. The lowest BCUT2D eigenvalue weighted by molar-refractivity contribution is -0.113. The zero-order chi connectivity index (χ0) is 12.7. The molecule has 0 aliphatic rings. The number of hydrogen-bond acceptors (Lipinski definition) is 4. The minimum Gasteiger partial charge on any atom is -0.394 e. The number of carbonyl (C=O) groups excluding carboxylic acids is 1. The molecule has 3 N–H and O–H groups in total. The molecule has 1 amide bonds. The van der Waals surface area contributed by atoms with E-state index >= 15 is 0 Å². The SMILES string of the molecule is Cc1ccc(NC(=O)CSCC(O)CO)cc1. The molecule has 0 radical (unpaired) electrons. The molecule has 94 valence electrons. The second kappa shape index (κ2) is 7.32. The predicted octanol–water partition coefficient (Wildman–Crippen LogP) is 1.02. The second-order valence-corrected chi connectivity index (χ2v) is 4.80. The monoisotopic (exact) mass is 255 g/mol. The number of benzene rings is 1. The van der Waals surface area contributed by atoms with E-state index < -0.39 is 6.10 Å². The summed E-state index contributed by atoms with van der Waals surface area (Å²) < 4.78 is 0. The van der Waals surface area contributed by atoms with Crippen molar-refractivity contribution in [3.63, 3.8) is 0 Å². The van der Waals surface area contributed by atoms with Crippen LogP contribution in [0.2, 0.25) is 0 Å². The van der Waals surface area contributed by atoms with Gasteiger partial charge in [0.05, 0.1) is 18.5 Å². The first-order valence-electron chi connectivity index (χ1n) is 5.35. The van der Waals surface area contributed by atoms with Crippen LogP contribution in [-0.2, 0) is 4.79 Å². The molecule has 0 fully saturated rings. The molecule has 0 aliphatic heterocycles. The predicted molar refractivity (Wildman–Crippen MR) is 70.2 cm³/mol. The van der Waals surface area contributed by atoms with Gasteiger partial charge >= 0.3 is 0 Å². The molecule has 1 aromatic rings. The van der Waals surface area contributed by atoms with Crippen LogP contribution in [0.3, 0.4) is 0 Å². The van der Waals surface area contributed by atoms with Crippen molar-refractivity contribution < 1.29 is 15.0 Å². The summed E-state index contributed by atoms with van der Waals surface area (Å²) in [4.78, 5) is 11.5. The molecular formula is C12H17NO3S. The third kappa shape index (κ3) is 5.72. The average molecular weight is 255 g/mol. The van der Waals surface area contributed by atoms with Gasteiger partial charge in [-0.2, -0.15) is 0 Å². The van der Waals surface area contributed by atoms with Gasteiger partial charge in [-0.1, -0.05) is 17.7 Å². The van der Waals surface area contributed by atoms with Crippen molar-refractivity contribution in [3.8, 4) is 0 Å². The van der Waals surface area contributed by atoms with Crippen molar-refractivity contribution in [3.05, 3.63) is 29.8 Å². The molecule has 0 aliphatic carbocycles. The van der Waals surface area contributed by atoms with E-state index in [1.54, 1.807) is 0 Å². The molecule has 1 atom stereocenters. The van der Waals surface area contributed by atoms with Crippen LogP contribution in [0.1, 0.15) is 5.56 Å². The zero-order valence-corrected chi connectivity index (χ0v) is 10.5. The lowest BCUT2D eigenvalue weighted by Gasteiger charge is -2.07. The van der Waals surface area contributed by atoms with Crippen molar-refractivity contribution in [2.75, 3.05) is 23.4 Å². The molecule has 0 saturated carbocycles. The van der Waals surface area contributed by atoms with E-state index in [0.717, 1.165) is 11.3 Å². The number of carbonyl (C=O) groups is 1. The van der Waals surface area contributed by atoms with Gasteiger partial charge in [-0.15, -0.1) is 11.8 Å². The molecular weight excluding hydrogens is 238 g/mol. The smallest absolute Gasteiger partial charge is 0.234 e. The Morgan fingerprint density at radius 3 is 2.65 bits per heavy atom. The topological polar surface area (TPSA) is 69.6 Å². The number of rotatable bonds is 6. The summed E-state index contributed by atoms with van der Waals surface area (Å²) in [6.07, 6.45) is -0.757. The van der Waals surface area contributed by atoms with E-state index in [2.05, 4.69) is 5.32 Å². The fraction of sp³-hybridized carbons (Fsp3) is 0.417. The number of thioether (sulfide) groups is 1. The molecule has 0 spiro atoms. The second-order valence-electron chi connectivity index (χ2n) is 3.77. The number of anilines is 1. The summed E-state index contributed by atoms with van der Waals surface area (Å²) in [6.45, 7) is 1.71. The summed E-state index contributed by atoms with van der Waals surface area (Å²) in [6, 6.07) is 7.55. The van der Waals surface area contributed by atoms with Crippen LogP contribution in [0.4, 0.5) is 5.69 Å². The number of nitrogens with one attached hydrogen (secondary N) is 1. The Hall–Kier alpha value is -1.04. The molecule has 0 heterocycles. The molecule has 5 heteroatoms. The summed E-state index contributed by atoms with van der Waals surface area (Å²) in [7, 11) is 0. The van der Waals surface area contributed by atoms with Crippen LogP contribution < -0.4 is 5.32 Å². The molecule has 1 unspecified atom stereocenters. The Labute approximate surface area is 105 Å². The lowest BCUT2D eigenvalue weighted by atomic mass is 10.2. The summed E-state index contributed by atoms with van der Waals surface area (Å²) in [5, 5.41) is 20.4. The van der Waals surface area contributed by atoms with E-state index in [1.165, 1.54) is 11.8 Å². The number of aliphatic hydroxyl groups is 2. The number of amides is 1. The standard InChI is InChI=1S/C12H17NO3S/c1-9-2-4-10(5-3-9)13-12(16)8-17-7-11(15)6-14/h2-5,11,14-15H,6-8H2,1H3,(H,13,16). The van der Waals surface area contributed by atoms with Gasteiger partial charge in [-0.05, 0) is 19.1 Å². The Morgan fingerprint density at radius 2 is 2.06 bits per heavy atom. The first kappa shape index (κ1) is 14.0.